The lowest BCUT2D eigenvalue weighted by atomic mass is 9.97. The molecule has 4 rings (SSSR count). The van der Waals surface area contributed by atoms with Crippen LogP contribution in [0.2, 0.25) is 0 Å². The van der Waals surface area contributed by atoms with Crippen molar-refractivity contribution in [1.29, 1.82) is 0 Å². The number of carboxylic acids is 1. The van der Waals surface area contributed by atoms with Gasteiger partial charge in [0.1, 0.15) is 11.6 Å². The Labute approximate surface area is 207 Å². The Bertz CT molecular complexity index is 1000. The average molecular weight is 513 g/mol. The number of nitrogens with one attached hydrogen (secondary N) is 1. The van der Waals surface area contributed by atoms with E-state index in [0.717, 1.165) is 50.9 Å². The molecule has 2 aliphatic heterocycles. The molecule has 198 valence electrons. The molecule has 0 atom stereocenters. The molecule has 1 aromatic carbocycles. The van der Waals surface area contributed by atoms with Gasteiger partial charge in [0, 0.05) is 38.9 Å². The number of hydrogen-bond donors (Lipinski definition) is 2. The van der Waals surface area contributed by atoms with Crippen molar-refractivity contribution in [2.75, 3.05) is 45.3 Å². The van der Waals surface area contributed by atoms with Crippen molar-refractivity contribution in [3.05, 3.63) is 42.1 Å². The first-order chi connectivity index (χ1) is 17.2. The summed E-state index contributed by atoms with van der Waals surface area (Å²) in [5, 5.41) is 14.6. The zero-order valence-electron chi connectivity index (χ0n) is 20.0. The molecule has 0 saturated carbocycles. The van der Waals surface area contributed by atoms with Crippen LogP contribution in [0.15, 0.2) is 36.5 Å². The summed E-state index contributed by atoms with van der Waals surface area (Å²) in [6.07, 6.45) is 1.12. The Balaban J connectivity index is 0.000000454. The van der Waals surface area contributed by atoms with Crippen LogP contribution in [-0.4, -0.2) is 77.8 Å². The number of hydrogen-bond acceptors (Lipinski definition) is 6. The van der Waals surface area contributed by atoms with Crippen molar-refractivity contribution < 1.29 is 37.3 Å². The van der Waals surface area contributed by atoms with Crippen LogP contribution in [0, 0.1) is 5.92 Å². The molecular weight excluding hydrogens is 481 g/mol. The third-order valence-electron chi connectivity index (χ3n) is 6.27. The van der Waals surface area contributed by atoms with Gasteiger partial charge >= 0.3 is 12.1 Å². The standard InChI is InChI=1S/C22H30N4O3.C2HF3O2/c1-28-20-5-3-2-4-19(20)22(27)24-21-6-11-23-26(21)18-7-12-25(13-8-18)16-17-9-14-29-15-10-17;3-2(4,5)1(6)7/h2-6,11,17-18H,7-10,12-16H2,1H3,(H,24,27);(H,6,7). The number of likely N-dealkylation sites (tertiary alicyclic amines) is 1. The number of para-hydroxylation sites is 1. The van der Waals surface area contributed by atoms with E-state index in [4.69, 9.17) is 19.4 Å². The Morgan fingerprint density at radius 1 is 1.14 bits per heavy atom. The van der Waals surface area contributed by atoms with Crippen molar-refractivity contribution in [2.24, 2.45) is 5.92 Å². The van der Waals surface area contributed by atoms with Gasteiger partial charge in [-0.15, -0.1) is 0 Å². The number of aliphatic carboxylic acids is 1. The minimum Gasteiger partial charge on any atom is -0.496 e. The fraction of sp³-hybridized carbons (Fsp3) is 0.542. The monoisotopic (exact) mass is 512 g/mol. The molecule has 1 amide bonds. The third-order valence-corrected chi connectivity index (χ3v) is 6.27. The highest BCUT2D eigenvalue weighted by molar-refractivity contribution is 6.05. The maximum Gasteiger partial charge on any atom is 0.490 e. The van der Waals surface area contributed by atoms with E-state index >= 15 is 0 Å². The molecule has 0 spiro atoms. The Kier molecular flexibility index (Phi) is 9.71. The molecule has 0 aliphatic carbocycles. The van der Waals surface area contributed by atoms with Crippen LogP contribution in [0.1, 0.15) is 42.1 Å². The first-order valence-electron chi connectivity index (χ1n) is 11.8. The lowest BCUT2D eigenvalue weighted by Gasteiger charge is -2.35. The van der Waals surface area contributed by atoms with Gasteiger partial charge in [0.15, 0.2) is 0 Å². The van der Waals surface area contributed by atoms with E-state index in [9.17, 15) is 18.0 Å². The molecule has 2 aliphatic rings. The molecule has 9 nitrogen and oxygen atoms in total. The SMILES string of the molecule is COc1ccccc1C(=O)Nc1ccnn1C1CCN(CC2CCOCC2)CC1.O=C(O)C(F)(F)F. The van der Waals surface area contributed by atoms with E-state index in [2.05, 4.69) is 15.3 Å². The first-order valence-corrected chi connectivity index (χ1v) is 11.8. The van der Waals surface area contributed by atoms with Crippen molar-refractivity contribution >= 4 is 17.7 Å². The number of rotatable bonds is 6. The van der Waals surface area contributed by atoms with Crippen molar-refractivity contribution in [3.8, 4) is 5.75 Å². The number of carbonyl (C=O) groups excluding carboxylic acids is 1. The second-order valence-corrected chi connectivity index (χ2v) is 8.71. The van der Waals surface area contributed by atoms with Gasteiger partial charge in [-0.25, -0.2) is 9.48 Å². The Morgan fingerprint density at radius 2 is 1.78 bits per heavy atom. The smallest absolute Gasteiger partial charge is 0.490 e. The highest BCUT2D eigenvalue weighted by Crippen LogP contribution is 2.28. The van der Waals surface area contributed by atoms with Crippen LogP contribution in [0.5, 0.6) is 5.75 Å². The van der Waals surface area contributed by atoms with Gasteiger partial charge in [-0.05, 0) is 43.7 Å². The number of anilines is 1. The molecule has 2 fully saturated rings. The van der Waals surface area contributed by atoms with E-state index < -0.39 is 12.1 Å². The summed E-state index contributed by atoms with van der Waals surface area (Å²) in [4.78, 5) is 24.2. The third kappa shape index (κ3) is 7.69. The number of nitrogens with zero attached hydrogens (tertiary/aromatic N) is 3. The van der Waals surface area contributed by atoms with Crippen molar-refractivity contribution in [3.63, 3.8) is 0 Å². The maximum absolute atomic E-state index is 12.7. The van der Waals surface area contributed by atoms with Gasteiger partial charge in [0.05, 0.1) is 24.9 Å². The lowest BCUT2D eigenvalue weighted by Crippen LogP contribution is -2.39. The fourth-order valence-electron chi connectivity index (χ4n) is 4.36. The summed E-state index contributed by atoms with van der Waals surface area (Å²) in [7, 11) is 1.57. The zero-order valence-corrected chi connectivity index (χ0v) is 20.0. The summed E-state index contributed by atoms with van der Waals surface area (Å²) in [6, 6.07) is 9.42. The average Bonchev–Trinajstić information content (AvgIpc) is 3.33. The van der Waals surface area contributed by atoms with Gasteiger partial charge in [-0.1, -0.05) is 12.1 Å². The van der Waals surface area contributed by atoms with E-state index in [1.807, 2.05) is 22.9 Å². The summed E-state index contributed by atoms with van der Waals surface area (Å²) in [5.74, 6) is -0.865. The molecule has 2 aromatic rings. The van der Waals surface area contributed by atoms with Crippen LogP contribution < -0.4 is 10.1 Å². The number of amides is 1. The number of carbonyl (C=O) groups is 2. The van der Waals surface area contributed by atoms with Crippen LogP contribution in [-0.2, 0) is 9.53 Å². The minimum atomic E-state index is -5.08. The maximum atomic E-state index is 12.7. The van der Waals surface area contributed by atoms with E-state index in [0.29, 0.717) is 17.4 Å². The normalized spacial score (nSPS) is 17.7. The molecule has 0 unspecified atom stereocenters. The largest absolute Gasteiger partial charge is 0.496 e. The van der Waals surface area contributed by atoms with Crippen LogP contribution in [0.3, 0.4) is 0 Å². The van der Waals surface area contributed by atoms with Gasteiger partial charge in [0.25, 0.3) is 5.91 Å². The van der Waals surface area contributed by atoms with Gasteiger partial charge in [-0.2, -0.15) is 18.3 Å². The minimum absolute atomic E-state index is 0.179. The number of ether oxygens (including phenoxy) is 2. The van der Waals surface area contributed by atoms with Crippen LogP contribution in [0.25, 0.3) is 0 Å². The van der Waals surface area contributed by atoms with E-state index in [1.165, 1.54) is 19.4 Å². The zero-order chi connectivity index (χ0) is 26.1. The molecule has 2 N–H and O–H groups in total. The molecule has 12 heteroatoms. The van der Waals surface area contributed by atoms with Crippen molar-refractivity contribution in [1.82, 2.24) is 14.7 Å². The second kappa shape index (κ2) is 12.7. The van der Waals surface area contributed by atoms with Gasteiger partial charge in [0.2, 0.25) is 0 Å². The highest BCUT2D eigenvalue weighted by Gasteiger charge is 2.38. The second-order valence-electron chi connectivity index (χ2n) is 8.71. The summed E-state index contributed by atoms with van der Waals surface area (Å²) in [6.45, 7) is 5.13. The van der Waals surface area contributed by atoms with Gasteiger partial charge in [-0.3, -0.25) is 4.79 Å². The number of methoxy groups -OCH3 is 1. The lowest BCUT2D eigenvalue weighted by molar-refractivity contribution is -0.192. The topological polar surface area (TPSA) is 106 Å². The molecule has 2 saturated heterocycles. The Morgan fingerprint density at radius 3 is 2.39 bits per heavy atom. The van der Waals surface area contributed by atoms with E-state index in [-0.39, 0.29) is 5.91 Å². The number of halogens is 3. The first kappa shape index (κ1) is 27.5. The van der Waals surface area contributed by atoms with Crippen LogP contribution in [0.4, 0.5) is 19.0 Å². The number of carboxylic acid groups (broad SMARTS) is 1. The highest BCUT2D eigenvalue weighted by atomic mass is 19.4. The summed E-state index contributed by atoms with van der Waals surface area (Å²) < 4.78 is 44.5. The number of piperidine rings is 1. The number of benzene rings is 1. The summed E-state index contributed by atoms with van der Waals surface area (Å²) >= 11 is 0. The number of alkyl halides is 3. The van der Waals surface area contributed by atoms with Crippen molar-refractivity contribution in [2.45, 2.75) is 37.9 Å². The van der Waals surface area contributed by atoms with Crippen LogP contribution >= 0.6 is 0 Å². The summed E-state index contributed by atoms with van der Waals surface area (Å²) in [5.41, 5.74) is 0.522. The molecule has 0 bridgehead atoms. The molecule has 0 radical (unpaired) electrons. The molecule has 1 aromatic heterocycles. The van der Waals surface area contributed by atoms with E-state index in [1.54, 1.807) is 25.4 Å². The predicted octanol–water partition coefficient (Wildman–Crippen LogP) is 3.84. The molecular formula is C24H31F3N4O5. The molecule has 36 heavy (non-hydrogen) atoms. The van der Waals surface area contributed by atoms with Gasteiger partial charge < -0.3 is 24.8 Å². The molecule has 3 heterocycles. The Hall–Kier alpha value is -3.12. The number of aromatic nitrogens is 2. The fourth-order valence-corrected chi connectivity index (χ4v) is 4.36. The predicted molar refractivity (Wildman–Crippen MR) is 125 cm³/mol. The quantitative estimate of drug-likeness (QED) is 0.606.